The zero-order valence-corrected chi connectivity index (χ0v) is 9.72. The smallest absolute Gasteiger partial charge is 0.282 e. The Balaban J connectivity index is 2.52. The van der Waals surface area contributed by atoms with Crippen molar-refractivity contribution in [3.05, 3.63) is 54.8 Å². The molecule has 0 aliphatic heterocycles. The molecule has 1 aromatic carbocycles. The third-order valence-electron chi connectivity index (χ3n) is 2.26. The van der Waals surface area contributed by atoms with Crippen molar-refractivity contribution >= 4 is 28.4 Å². The molecule has 76 valence electrons. The second-order valence-electron chi connectivity index (χ2n) is 3.18. The molecule has 0 radical (unpaired) electrons. The van der Waals surface area contributed by atoms with Crippen LogP contribution in [0.2, 0.25) is 0 Å². The van der Waals surface area contributed by atoms with E-state index in [0.717, 1.165) is 9.13 Å². The first-order chi connectivity index (χ1) is 7.09. The normalized spacial score (nSPS) is 14.5. The Morgan fingerprint density at radius 2 is 2.13 bits per heavy atom. The highest BCUT2D eigenvalue weighted by Gasteiger charge is 2.28. The highest BCUT2D eigenvalue weighted by Crippen LogP contribution is 2.23. The maximum absolute atomic E-state index is 11.7. The fraction of sp³-hybridized carbons (Fsp3) is 0.100. The second-order valence-corrected chi connectivity index (χ2v) is 4.43. The molecule has 0 unspecified atom stereocenters. The molecule has 1 aromatic rings. The van der Waals surface area contributed by atoms with Crippen molar-refractivity contribution in [2.45, 2.75) is 6.42 Å². The number of nitrogens with zero attached hydrogens (tertiary/aromatic N) is 1. The van der Waals surface area contributed by atoms with Crippen molar-refractivity contribution in [1.82, 2.24) is 0 Å². The number of hydrogen-bond acceptors (Lipinski definition) is 3. The van der Waals surface area contributed by atoms with Crippen LogP contribution in [0.5, 0.6) is 0 Å². The number of ketones is 1. The lowest BCUT2D eigenvalue weighted by Crippen LogP contribution is -2.18. The summed E-state index contributed by atoms with van der Waals surface area (Å²) in [6.07, 6.45) is 1.83. The van der Waals surface area contributed by atoms with Crippen LogP contribution in [-0.2, 0) is 6.42 Å². The van der Waals surface area contributed by atoms with Crippen molar-refractivity contribution in [2.75, 3.05) is 0 Å². The molecule has 0 saturated carbocycles. The van der Waals surface area contributed by atoms with Gasteiger partial charge in [-0.25, -0.2) is 0 Å². The lowest BCUT2D eigenvalue weighted by atomic mass is 9.94. The highest BCUT2D eigenvalue weighted by atomic mass is 127. The van der Waals surface area contributed by atoms with Crippen molar-refractivity contribution in [3.8, 4) is 0 Å². The zero-order chi connectivity index (χ0) is 11.0. The van der Waals surface area contributed by atoms with Crippen LogP contribution in [0, 0.1) is 13.7 Å². The summed E-state index contributed by atoms with van der Waals surface area (Å²) < 4.78 is 0.907. The fourth-order valence-electron chi connectivity index (χ4n) is 1.53. The van der Waals surface area contributed by atoms with Crippen LogP contribution in [0.4, 0.5) is 0 Å². The van der Waals surface area contributed by atoms with E-state index in [1.165, 1.54) is 6.08 Å². The Labute approximate surface area is 99.3 Å². The summed E-state index contributed by atoms with van der Waals surface area (Å²) >= 11 is 2.08. The second kappa shape index (κ2) is 3.73. The van der Waals surface area contributed by atoms with Gasteiger partial charge in [0.25, 0.3) is 5.78 Å². The number of benzene rings is 1. The fourth-order valence-corrected chi connectivity index (χ4v) is 2.02. The van der Waals surface area contributed by atoms with Gasteiger partial charge in [0.05, 0.1) is 4.92 Å². The predicted molar refractivity (Wildman–Crippen MR) is 62.3 cm³/mol. The summed E-state index contributed by atoms with van der Waals surface area (Å²) in [7, 11) is 0. The Morgan fingerprint density at radius 1 is 1.40 bits per heavy atom. The van der Waals surface area contributed by atoms with Gasteiger partial charge in [0, 0.05) is 15.2 Å². The van der Waals surface area contributed by atoms with Gasteiger partial charge in [-0.15, -0.1) is 0 Å². The van der Waals surface area contributed by atoms with E-state index in [1.54, 1.807) is 6.07 Å². The molecule has 0 heterocycles. The maximum atomic E-state index is 11.7. The minimum atomic E-state index is -0.620. The van der Waals surface area contributed by atoms with E-state index in [2.05, 4.69) is 22.6 Å². The zero-order valence-electron chi connectivity index (χ0n) is 7.57. The van der Waals surface area contributed by atoms with Crippen LogP contribution in [0.3, 0.4) is 0 Å². The number of carbonyl (C=O) groups is 1. The van der Waals surface area contributed by atoms with Crippen LogP contribution in [0.1, 0.15) is 15.9 Å². The Bertz CT molecular complexity index is 493. The number of hydrogen-bond donors (Lipinski definition) is 0. The molecule has 0 saturated heterocycles. The monoisotopic (exact) mass is 315 g/mol. The van der Waals surface area contributed by atoms with Gasteiger partial charge in [-0.1, -0.05) is 6.07 Å². The molecule has 2 rings (SSSR count). The molecule has 0 atom stereocenters. The lowest BCUT2D eigenvalue weighted by molar-refractivity contribution is -0.417. The molecule has 15 heavy (non-hydrogen) atoms. The highest BCUT2D eigenvalue weighted by molar-refractivity contribution is 14.1. The molecule has 1 aliphatic rings. The molecule has 0 bridgehead atoms. The van der Waals surface area contributed by atoms with E-state index in [1.807, 2.05) is 12.1 Å². The van der Waals surface area contributed by atoms with Crippen LogP contribution in [0.25, 0.3) is 0 Å². The minimum Gasteiger partial charge on any atom is -0.282 e. The largest absolute Gasteiger partial charge is 0.313 e. The minimum absolute atomic E-state index is 0.315. The van der Waals surface area contributed by atoms with Crippen molar-refractivity contribution in [3.63, 3.8) is 0 Å². The molecule has 0 amide bonds. The van der Waals surface area contributed by atoms with Gasteiger partial charge in [0.2, 0.25) is 0 Å². The van der Waals surface area contributed by atoms with Crippen LogP contribution in [0.15, 0.2) is 30.0 Å². The van der Waals surface area contributed by atoms with Gasteiger partial charge >= 0.3 is 5.70 Å². The number of rotatable bonds is 1. The Kier molecular flexibility index (Phi) is 2.56. The molecule has 0 spiro atoms. The standard InChI is InChI=1S/C10H6INO3/c11-7-3-1-6-2-4-9(12(14)15)10(13)8(6)5-7/h1,3-5H,2H2. The number of Topliss-reactive ketones (excluding diaryl/α,β-unsaturated/α-hetero) is 1. The van der Waals surface area contributed by atoms with Crippen molar-refractivity contribution in [1.29, 1.82) is 0 Å². The first-order valence-electron chi connectivity index (χ1n) is 4.27. The van der Waals surface area contributed by atoms with E-state index in [-0.39, 0.29) is 5.70 Å². The number of fused-ring (bicyclic) bond motifs is 1. The number of carbonyl (C=O) groups excluding carboxylic acids is 1. The summed E-state index contributed by atoms with van der Waals surface area (Å²) in [5.74, 6) is -0.486. The van der Waals surface area contributed by atoms with Gasteiger partial charge in [-0.3, -0.25) is 14.9 Å². The van der Waals surface area contributed by atoms with E-state index in [4.69, 9.17) is 0 Å². The number of halogens is 1. The van der Waals surface area contributed by atoms with E-state index in [9.17, 15) is 14.9 Å². The summed E-state index contributed by atoms with van der Waals surface area (Å²) in [5.41, 5.74) is 0.992. The van der Waals surface area contributed by atoms with Crippen molar-refractivity contribution < 1.29 is 9.72 Å². The predicted octanol–water partition coefficient (Wildman–Crippen LogP) is 2.19. The SMILES string of the molecule is O=C1C([N+](=O)[O-])=CCc2ccc(I)cc21. The van der Waals surface area contributed by atoms with Gasteiger partial charge in [0.1, 0.15) is 0 Å². The third-order valence-corrected chi connectivity index (χ3v) is 2.93. The number of nitro groups is 1. The quantitative estimate of drug-likeness (QED) is 0.453. The van der Waals surface area contributed by atoms with Crippen LogP contribution < -0.4 is 0 Å². The molecule has 0 aromatic heterocycles. The Morgan fingerprint density at radius 3 is 2.80 bits per heavy atom. The third kappa shape index (κ3) is 1.79. The first kappa shape index (κ1) is 10.3. The van der Waals surface area contributed by atoms with E-state index >= 15 is 0 Å². The van der Waals surface area contributed by atoms with Crippen molar-refractivity contribution in [2.24, 2.45) is 0 Å². The summed E-state index contributed by atoms with van der Waals surface area (Å²) in [5, 5.41) is 10.6. The lowest BCUT2D eigenvalue weighted by Gasteiger charge is -2.10. The Hall–Kier alpha value is -1.24. The molecule has 1 aliphatic carbocycles. The maximum Gasteiger partial charge on any atom is 0.313 e. The van der Waals surface area contributed by atoms with Gasteiger partial charge in [-0.05, 0) is 46.7 Å². The van der Waals surface area contributed by atoms with Crippen LogP contribution >= 0.6 is 22.6 Å². The molecule has 4 nitrogen and oxygen atoms in total. The molecular weight excluding hydrogens is 309 g/mol. The summed E-state index contributed by atoms with van der Waals surface area (Å²) in [6.45, 7) is 0. The summed E-state index contributed by atoms with van der Waals surface area (Å²) in [4.78, 5) is 21.7. The van der Waals surface area contributed by atoms with Crippen LogP contribution in [-0.4, -0.2) is 10.7 Å². The topological polar surface area (TPSA) is 60.2 Å². The van der Waals surface area contributed by atoms with Gasteiger partial charge in [0.15, 0.2) is 0 Å². The van der Waals surface area contributed by atoms with E-state index < -0.39 is 10.7 Å². The van der Waals surface area contributed by atoms with E-state index in [0.29, 0.717) is 12.0 Å². The first-order valence-corrected chi connectivity index (χ1v) is 5.35. The number of allylic oxidation sites excluding steroid dienone is 2. The average molecular weight is 315 g/mol. The average Bonchev–Trinajstić information content (AvgIpc) is 2.19. The molecule has 0 fully saturated rings. The van der Waals surface area contributed by atoms with Gasteiger partial charge in [-0.2, -0.15) is 0 Å². The molecular formula is C10H6INO3. The molecule has 0 N–H and O–H groups in total. The van der Waals surface area contributed by atoms with Gasteiger partial charge < -0.3 is 0 Å². The molecule has 5 heteroatoms. The summed E-state index contributed by atoms with van der Waals surface area (Å²) in [6, 6.07) is 5.41.